The van der Waals surface area contributed by atoms with Crippen LogP contribution in [0.25, 0.3) is 0 Å². The molecule has 228 valence electrons. The number of phosphoric acid groups is 2. The Hall–Kier alpha value is -2.54. The number of rotatable bonds is 10. The Morgan fingerprint density at radius 1 is 0.805 bits per heavy atom. The van der Waals surface area contributed by atoms with E-state index < -0.39 is 88.2 Å². The standard InChI is InChI=1S/C20H28N4O15P2/c1-9-5-23(19(29)21-17(9)27)15-3-11(25)13(37-15)7-35-40(31,32)39-41(33,34)36-8-14-12(26)4-16(38-14)24-6-10(2)18(28)22-20(24)30/h5-6,11-16,25-26H,3-4,7-8H2,1-2H3,(H,31,32)(H,33,34)(H,21,27,29)(H,22,28,30)/t11-,12-,13+,14+,15+,16+/m0/s1. The van der Waals surface area contributed by atoms with Crippen molar-refractivity contribution >= 4 is 15.6 Å². The molecular weight excluding hydrogens is 598 g/mol. The summed E-state index contributed by atoms with van der Waals surface area (Å²) in [5, 5.41) is 20.5. The lowest BCUT2D eigenvalue weighted by Crippen LogP contribution is -2.33. The van der Waals surface area contributed by atoms with Crippen molar-refractivity contribution in [2.24, 2.45) is 0 Å². The zero-order valence-corrected chi connectivity index (χ0v) is 23.3. The Balaban J connectivity index is 1.30. The first-order chi connectivity index (χ1) is 19.0. The summed E-state index contributed by atoms with van der Waals surface area (Å²) in [6.45, 7) is 1.29. The van der Waals surface area contributed by atoms with E-state index in [0.717, 1.165) is 9.13 Å². The van der Waals surface area contributed by atoms with Crippen LogP contribution in [0, 0.1) is 13.8 Å². The molecule has 2 fully saturated rings. The van der Waals surface area contributed by atoms with Gasteiger partial charge in [0.1, 0.15) is 24.7 Å². The van der Waals surface area contributed by atoms with Gasteiger partial charge in [-0.15, -0.1) is 0 Å². The van der Waals surface area contributed by atoms with Crippen molar-refractivity contribution in [2.75, 3.05) is 13.2 Å². The third-order valence-electron chi connectivity index (χ3n) is 6.33. The Morgan fingerprint density at radius 3 is 1.54 bits per heavy atom. The van der Waals surface area contributed by atoms with Crippen LogP contribution in [0.1, 0.15) is 36.4 Å². The molecule has 0 spiro atoms. The van der Waals surface area contributed by atoms with Gasteiger partial charge in [-0.3, -0.25) is 37.7 Å². The first kappa shape index (κ1) is 31.4. The molecule has 2 aromatic rings. The van der Waals surface area contributed by atoms with Crippen molar-refractivity contribution in [3.05, 3.63) is 65.2 Å². The van der Waals surface area contributed by atoms with Crippen LogP contribution in [0.3, 0.4) is 0 Å². The number of hydrogen-bond donors (Lipinski definition) is 6. The minimum Gasteiger partial charge on any atom is -0.390 e. The third-order valence-corrected chi connectivity index (χ3v) is 8.93. The molecule has 0 aliphatic carbocycles. The van der Waals surface area contributed by atoms with Crippen molar-refractivity contribution in [3.8, 4) is 0 Å². The molecule has 0 radical (unpaired) electrons. The zero-order chi connectivity index (χ0) is 30.3. The number of aliphatic hydroxyl groups is 2. The fourth-order valence-electron chi connectivity index (χ4n) is 4.18. The third kappa shape index (κ3) is 7.46. The maximum Gasteiger partial charge on any atom is 0.481 e. The van der Waals surface area contributed by atoms with Gasteiger partial charge in [0.15, 0.2) is 0 Å². The van der Waals surface area contributed by atoms with E-state index in [9.17, 15) is 48.3 Å². The van der Waals surface area contributed by atoms with Crippen LogP contribution in [0.4, 0.5) is 0 Å². The Bertz CT molecular complexity index is 1500. The summed E-state index contributed by atoms with van der Waals surface area (Å²) in [6.07, 6.45) is -5.06. The van der Waals surface area contributed by atoms with Gasteiger partial charge in [0, 0.05) is 36.4 Å². The second-order valence-electron chi connectivity index (χ2n) is 9.43. The Morgan fingerprint density at radius 2 is 1.17 bits per heavy atom. The molecule has 2 aromatic heterocycles. The normalized spacial score (nSPS) is 29.3. The van der Waals surface area contributed by atoms with Crippen LogP contribution in [-0.4, -0.2) is 76.7 Å². The number of aromatic amines is 2. The SMILES string of the molecule is Cc1cn([C@H]2C[C@H](O)[C@@H](COP(=O)(O)OP(=O)(O)OC[C@H]3O[C@@H](n4cc(C)c(=O)[nH]c4=O)C[C@@H]3O)O2)c(=O)[nH]c1=O. The van der Waals surface area contributed by atoms with Gasteiger partial charge in [-0.1, -0.05) is 0 Å². The van der Waals surface area contributed by atoms with Gasteiger partial charge in [0.2, 0.25) is 0 Å². The average molecular weight is 626 g/mol. The van der Waals surface area contributed by atoms with Crippen molar-refractivity contribution in [3.63, 3.8) is 0 Å². The molecule has 2 aliphatic heterocycles. The van der Waals surface area contributed by atoms with E-state index in [1.54, 1.807) is 0 Å². The first-order valence-corrected chi connectivity index (χ1v) is 15.0. The van der Waals surface area contributed by atoms with Crippen LogP contribution in [0.15, 0.2) is 31.6 Å². The summed E-state index contributed by atoms with van der Waals surface area (Å²) in [5.74, 6) is 0. The number of phosphoric ester groups is 2. The van der Waals surface area contributed by atoms with Gasteiger partial charge in [-0.05, 0) is 13.8 Å². The number of nitrogens with one attached hydrogen (secondary N) is 2. The molecule has 41 heavy (non-hydrogen) atoms. The first-order valence-electron chi connectivity index (χ1n) is 12.0. The van der Waals surface area contributed by atoms with Crippen molar-refractivity contribution in [1.29, 1.82) is 0 Å². The maximum atomic E-state index is 12.3. The van der Waals surface area contributed by atoms with E-state index in [-0.39, 0.29) is 24.0 Å². The average Bonchev–Trinajstić information content (AvgIpc) is 3.42. The highest BCUT2D eigenvalue weighted by Crippen LogP contribution is 2.60. The van der Waals surface area contributed by atoms with E-state index in [1.165, 1.54) is 26.2 Å². The number of aryl methyl sites for hydroxylation is 2. The van der Waals surface area contributed by atoms with Crippen molar-refractivity contribution in [1.82, 2.24) is 19.1 Å². The van der Waals surface area contributed by atoms with E-state index in [2.05, 4.69) is 23.3 Å². The predicted molar refractivity (Wildman–Crippen MR) is 134 cm³/mol. The number of aromatic nitrogens is 4. The molecule has 0 aromatic carbocycles. The number of ether oxygens (including phenoxy) is 2. The number of H-pyrrole nitrogens is 2. The highest BCUT2D eigenvalue weighted by atomic mass is 31.3. The lowest BCUT2D eigenvalue weighted by Gasteiger charge is -2.21. The maximum absolute atomic E-state index is 12.3. The van der Waals surface area contributed by atoms with Crippen LogP contribution in [0.2, 0.25) is 0 Å². The molecule has 4 heterocycles. The molecule has 4 rings (SSSR count). The van der Waals surface area contributed by atoms with Crippen LogP contribution in [-0.2, 0) is 32.0 Å². The molecule has 0 amide bonds. The van der Waals surface area contributed by atoms with E-state index in [1.807, 2.05) is 0 Å². The smallest absolute Gasteiger partial charge is 0.390 e. The van der Waals surface area contributed by atoms with Crippen molar-refractivity contribution < 1.29 is 52.0 Å². The van der Waals surface area contributed by atoms with Gasteiger partial charge in [0.05, 0.1) is 25.4 Å². The molecule has 8 atom stereocenters. The summed E-state index contributed by atoms with van der Waals surface area (Å²) >= 11 is 0. The summed E-state index contributed by atoms with van der Waals surface area (Å²) in [7, 11) is -10.6. The van der Waals surface area contributed by atoms with Crippen molar-refractivity contribution in [2.45, 2.75) is 63.6 Å². The fraction of sp³-hybridized carbons (Fsp3) is 0.600. The second kappa shape index (κ2) is 12.0. The molecule has 0 bridgehead atoms. The minimum absolute atomic E-state index is 0.146. The summed E-state index contributed by atoms with van der Waals surface area (Å²) < 4.78 is 51.2. The molecule has 2 aliphatic rings. The molecule has 2 saturated heterocycles. The van der Waals surface area contributed by atoms with E-state index >= 15 is 0 Å². The van der Waals surface area contributed by atoms with Gasteiger partial charge in [-0.2, -0.15) is 4.31 Å². The fourth-order valence-corrected chi connectivity index (χ4v) is 6.28. The second-order valence-corrected chi connectivity index (χ2v) is 12.5. The largest absolute Gasteiger partial charge is 0.481 e. The molecule has 19 nitrogen and oxygen atoms in total. The van der Waals surface area contributed by atoms with Gasteiger partial charge >= 0.3 is 27.0 Å². The van der Waals surface area contributed by atoms with Gasteiger partial charge < -0.3 is 29.5 Å². The topological polar surface area (TPSA) is 271 Å². The number of hydrogen-bond acceptors (Lipinski definition) is 13. The van der Waals surface area contributed by atoms with E-state index in [4.69, 9.17) is 9.47 Å². The highest BCUT2D eigenvalue weighted by molar-refractivity contribution is 7.61. The number of aliphatic hydroxyl groups excluding tert-OH is 2. The quantitative estimate of drug-likeness (QED) is 0.160. The summed E-state index contributed by atoms with van der Waals surface area (Å²) in [4.78, 5) is 71.2. The molecule has 2 unspecified atom stereocenters. The number of nitrogens with zero attached hydrogens (tertiary/aromatic N) is 2. The highest BCUT2D eigenvalue weighted by Gasteiger charge is 2.42. The zero-order valence-electron chi connectivity index (χ0n) is 21.5. The van der Waals surface area contributed by atoms with E-state index in [0.29, 0.717) is 0 Å². The minimum atomic E-state index is -5.29. The van der Waals surface area contributed by atoms with Crippen LogP contribution in [0.5, 0.6) is 0 Å². The monoisotopic (exact) mass is 626 g/mol. The molecular formula is C20H28N4O15P2. The Kier molecular flexibility index (Phi) is 9.18. The summed E-state index contributed by atoms with van der Waals surface area (Å²) in [5.41, 5.74) is -2.43. The Labute approximate surface area is 229 Å². The van der Waals surface area contributed by atoms with Crippen LogP contribution >= 0.6 is 15.6 Å². The molecule has 0 saturated carbocycles. The van der Waals surface area contributed by atoms with Gasteiger partial charge in [0.25, 0.3) is 11.1 Å². The lowest BCUT2D eigenvalue weighted by molar-refractivity contribution is -0.0487. The lowest BCUT2D eigenvalue weighted by atomic mass is 10.2. The summed E-state index contributed by atoms with van der Waals surface area (Å²) in [6, 6.07) is 0. The predicted octanol–water partition coefficient (Wildman–Crippen LogP) is -1.75. The van der Waals surface area contributed by atoms with Gasteiger partial charge in [-0.25, -0.2) is 18.7 Å². The molecule has 21 heteroatoms. The van der Waals surface area contributed by atoms with Crippen LogP contribution < -0.4 is 22.5 Å². The molecule has 6 N–H and O–H groups in total.